The number of methoxy groups -OCH3 is 1. The van der Waals surface area contributed by atoms with E-state index in [4.69, 9.17) is 9.47 Å². The Bertz CT molecular complexity index is 1920. The fraction of sp³-hybridized carbons (Fsp3) is 0.463. The van der Waals surface area contributed by atoms with Crippen LogP contribution in [-0.4, -0.2) is 96.5 Å². The third kappa shape index (κ3) is 7.53. The lowest BCUT2D eigenvalue weighted by atomic mass is 9.82. The molecule has 0 bridgehead atoms. The van der Waals surface area contributed by atoms with Crippen molar-refractivity contribution >= 4 is 54.0 Å². The number of rotatable bonds is 12. The number of amides is 4. The number of ether oxygens (including phenoxy) is 2. The second-order valence-corrected chi connectivity index (χ2v) is 20.3. The fourth-order valence-corrected chi connectivity index (χ4v) is 12.8. The van der Waals surface area contributed by atoms with Crippen molar-refractivity contribution in [1.29, 1.82) is 0 Å². The number of fused-ring (bicyclic) bond motifs is 2. The van der Waals surface area contributed by atoms with Crippen molar-refractivity contribution in [2.24, 2.45) is 5.92 Å². The first-order valence-corrected chi connectivity index (χ1v) is 22.0. The van der Waals surface area contributed by atoms with Gasteiger partial charge in [-0.3, -0.25) is 19.2 Å². The van der Waals surface area contributed by atoms with Crippen molar-refractivity contribution in [3.63, 3.8) is 0 Å². The number of benzene rings is 3. The van der Waals surface area contributed by atoms with E-state index in [1.165, 1.54) is 13.8 Å². The van der Waals surface area contributed by atoms with E-state index >= 15 is 4.79 Å². The van der Waals surface area contributed by atoms with Crippen molar-refractivity contribution in [3.8, 4) is 5.75 Å². The van der Waals surface area contributed by atoms with Crippen LogP contribution in [-0.2, 0) is 36.1 Å². The van der Waals surface area contributed by atoms with Crippen LogP contribution in [0.3, 0.4) is 0 Å². The number of anilines is 3. The Kier molecular flexibility index (Phi) is 11.6. The lowest BCUT2D eigenvalue weighted by Crippen LogP contribution is -2.52. The molecule has 0 unspecified atom stereocenters. The number of hydrogen-bond donors (Lipinski definition) is 5. The number of likely N-dealkylation sites (tertiary alicyclic amines) is 1. The van der Waals surface area contributed by atoms with Crippen LogP contribution in [0.2, 0.25) is 18.6 Å². The van der Waals surface area contributed by atoms with Crippen LogP contribution in [0.1, 0.15) is 51.2 Å². The summed E-state index contributed by atoms with van der Waals surface area (Å²) in [4.78, 5) is 57.5. The van der Waals surface area contributed by atoms with Crippen molar-refractivity contribution in [3.05, 3.63) is 77.9 Å². The molecule has 4 amide bonds. The predicted octanol–water partition coefficient (Wildman–Crippen LogP) is 3.47. The minimum Gasteiger partial charge on any atom is -0.497 e. The Balaban J connectivity index is 1.44. The maximum atomic E-state index is 15.3. The molecule has 2 fully saturated rings. The van der Waals surface area contributed by atoms with Crippen LogP contribution in [0.5, 0.6) is 5.75 Å². The SMILES string of the molecule is COc1ccc([Si](C)(C)[C@H]2[C@H](CC(=O)N3CCC[C@H]3CO)O[C@@]3(C(=O)N(Cc4ccc(NC(=O)[C@H](C)O)cc4)c4ccc(NC(=O)[C@H](C)O)cc43)[C@@H]2C)cc1. The molecule has 3 aromatic rings. The molecule has 5 N–H and O–H groups in total. The molecule has 55 heavy (non-hydrogen) atoms. The topological polar surface area (TPSA) is 178 Å². The summed E-state index contributed by atoms with van der Waals surface area (Å²) < 4.78 is 12.6. The molecule has 7 atom stereocenters. The highest BCUT2D eigenvalue weighted by Gasteiger charge is 2.66. The van der Waals surface area contributed by atoms with Gasteiger partial charge in [0.1, 0.15) is 18.0 Å². The number of carbonyl (C=O) groups excluding carboxylic acids is 4. The molecule has 3 aliphatic rings. The highest BCUT2D eigenvalue weighted by atomic mass is 28.3. The van der Waals surface area contributed by atoms with Gasteiger partial charge in [-0.2, -0.15) is 0 Å². The second kappa shape index (κ2) is 15.9. The van der Waals surface area contributed by atoms with Gasteiger partial charge in [-0.25, -0.2) is 0 Å². The van der Waals surface area contributed by atoms with Crippen molar-refractivity contribution in [2.75, 3.05) is 35.8 Å². The molecule has 0 radical (unpaired) electrons. The Morgan fingerprint density at radius 1 is 0.964 bits per heavy atom. The zero-order valence-corrected chi connectivity index (χ0v) is 33.2. The largest absolute Gasteiger partial charge is 0.497 e. The van der Waals surface area contributed by atoms with E-state index in [1.54, 1.807) is 59.4 Å². The molecule has 3 aromatic carbocycles. The van der Waals surface area contributed by atoms with E-state index in [9.17, 15) is 29.7 Å². The molecule has 6 rings (SSSR count). The molecule has 294 valence electrons. The minimum atomic E-state index is -2.59. The Morgan fingerprint density at radius 2 is 1.58 bits per heavy atom. The van der Waals surface area contributed by atoms with Gasteiger partial charge < -0.3 is 45.2 Å². The van der Waals surface area contributed by atoms with Crippen LogP contribution < -0.4 is 25.5 Å². The lowest BCUT2D eigenvalue weighted by molar-refractivity contribution is -0.150. The maximum absolute atomic E-state index is 15.3. The van der Waals surface area contributed by atoms with Gasteiger partial charge in [0, 0.05) is 29.4 Å². The summed E-state index contributed by atoms with van der Waals surface area (Å²) in [5.74, 6) is -1.27. The third-order valence-electron chi connectivity index (χ3n) is 11.7. The van der Waals surface area contributed by atoms with E-state index in [0.717, 1.165) is 29.3 Å². The summed E-state index contributed by atoms with van der Waals surface area (Å²) in [6.07, 6.45) is -1.55. The molecule has 13 nitrogen and oxygen atoms in total. The molecule has 0 aromatic heterocycles. The predicted molar refractivity (Wildman–Crippen MR) is 211 cm³/mol. The average molecular weight is 773 g/mol. The molecule has 3 heterocycles. The van der Waals surface area contributed by atoms with E-state index in [2.05, 4.69) is 35.9 Å². The first-order valence-electron chi connectivity index (χ1n) is 18.9. The summed E-state index contributed by atoms with van der Waals surface area (Å²) >= 11 is 0. The third-order valence-corrected chi connectivity index (χ3v) is 16.1. The van der Waals surface area contributed by atoms with Crippen LogP contribution in [0, 0.1) is 5.92 Å². The monoisotopic (exact) mass is 772 g/mol. The normalized spacial score (nSPS) is 24.5. The number of aliphatic hydroxyl groups excluding tert-OH is 3. The van der Waals surface area contributed by atoms with Gasteiger partial charge in [0.2, 0.25) is 5.91 Å². The molecule has 14 heteroatoms. The van der Waals surface area contributed by atoms with Crippen LogP contribution in [0.25, 0.3) is 0 Å². The maximum Gasteiger partial charge on any atom is 0.264 e. The van der Waals surface area contributed by atoms with Gasteiger partial charge in [-0.15, -0.1) is 0 Å². The number of nitrogens with zero attached hydrogens (tertiary/aromatic N) is 2. The van der Waals surface area contributed by atoms with Gasteiger partial charge in [0.15, 0.2) is 5.60 Å². The Morgan fingerprint density at radius 3 is 2.18 bits per heavy atom. The standard InChI is InChI=1S/C41H52N4O9Si/c1-24-37(55(5,6)32-16-14-31(53-4)15-17-32)35(21-36(49)44-19-7-8-30(44)23-46)54-41(24)33-20-29(43-39(51)26(3)48)13-18-34(33)45(40(41)52)22-27-9-11-28(12-10-27)42-38(50)25(2)47/h9-18,20,24-26,30,35,37,46-48H,7-8,19,21-23H2,1-6H3,(H,42,50)(H,43,51)/t24-,25+,26+,30+,35+,37-,41+/m1/s1. The Labute approximate surface area is 322 Å². The van der Waals surface area contributed by atoms with Crippen molar-refractivity contribution in [2.45, 2.75) is 95.2 Å². The summed E-state index contributed by atoms with van der Waals surface area (Å²) in [7, 11) is -0.974. The van der Waals surface area contributed by atoms with Crippen LogP contribution in [0.15, 0.2) is 66.7 Å². The zero-order chi connectivity index (χ0) is 39.8. The fourth-order valence-electron chi connectivity index (χ4n) is 8.76. The van der Waals surface area contributed by atoms with Gasteiger partial charge in [-0.05, 0) is 80.3 Å². The molecule has 0 aliphatic carbocycles. The summed E-state index contributed by atoms with van der Waals surface area (Å²) in [5.41, 5.74) is 1.04. The smallest absolute Gasteiger partial charge is 0.264 e. The molecule has 0 saturated carbocycles. The summed E-state index contributed by atoms with van der Waals surface area (Å²) in [6.45, 7) is 9.83. The Hall–Kier alpha value is -4.60. The summed E-state index contributed by atoms with van der Waals surface area (Å²) in [5, 5.41) is 36.2. The first kappa shape index (κ1) is 40.1. The molecule has 2 saturated heterocycles. The molecule has 3 aliphatic heterocycles. The number of nitrogens with one attached hydrogen (secondary N) is 2. The van der Waals surface area contributed by atoms with Gasteiger partial charge in [0.05, 0.1) is 52.6 Å². The number of carbonyl (C=O) groups is 4. The molecule has 1 spiro atoms. The van der Waals surface area contributed by atoms with E-state index in [1.807, 2.05) is 19.1 Å². The quantitative estimate of drug-likeness (QED) is 0.173. The molecular weight excluding hydrogens is 721 g/mol. The first-order chi connectivity index (χ1) is 26.1. The van der Waals surface area contributed by atoms with Gasteiger partial charge >= 0.3 is 0 Å². The molecular formula is C41H52N4O9Si. The second-order valence-electron chi connectivity index (χ2n) is 15.6. The highest BCUT2D eigenvalue weighted by molar-refractivity contribution is 6.91. The van der Waals surface area contributed by atoms with Gasteiger partial charge in [-0.1, -0.05) is 49.5 Å². The average Bonchev–Trinajstić information content (AvgIpc) is 3.82. The number of aliphatic hydroxyl groups is 3. The van der Waals surface area contributed by atoms with E-state index in [0.29, 0.717) is 29.2 Å². The van der Waals surface area contributed by atoms with Crippen LogP contribution >= 0.6 is 0 Å². The number of hydrogen-bond acceptors (Lipinski definition) is 9. The van der Waals surface area contributed by atoms with Crippen LogP contribution in [0.4, 0.5) is 17.1 Å². The minimum absolute atomic E-state index is 0.0283. The highest BCUT2D eigenvalue weighted by Crippen LogP contribution is 2.60. The van der Waals surface area contributed by atoms with E-state index in [-0.39, 0.29) is 43.0 Å². The van der Waals surface area contributed by atoms with Gasteiger partial charge in [0.25, 0.3) is 17.7 Å². The van der Waals surface area contributed by atoms with Crippen molar-refractivity contribution in [1.82, 2.24) is 4.90 Å². The van der Waals surface area contributed by atoms with Crippen molar-refractivity contribution < 1.29 is 44.0 Å². The summed E-state index contributed by atoms with van der Waals surface area (Å²) in [6, 6.07) is 19.9. The zero-order valence-electron chi connectivity index (χ0n) is 32.2. The van der Waals surface area contributed by atoms with E-state index < -0.39 is 49.7 Å². The lowest BCUT2D eigenvalue weighted by Gasteiger charge is -2.37.